The van der Waals surface area contributed by atoms with E-state index >= 15 is 0 Å². The molecule has 1 atom stereocenters. The van der Waals surface area contributed by atoms with Crippen LogP contribution < -0.4 is 4.74 Å². The molecule has 0 bridgehead atoms. The third kappa shape index (κ3) is 13.2. The van der Waals surface area contributed by atoms with Crippen molar-refractivity contribution in [3.05, 3.63) is 66.5 Å². The topological polar surface area (TPSA) is 35.0 Å². The summed E-state index contributed by atoms with van der Waals surface area (Å²) in [5.41, 5.74) is 4.39. The summed E-state index contributed by atoms with van der Waals surface area (Å²) in [6.07, 6.45) is 23.8. The van der Waals surface area contributed by atoms with Gasteiger partial charge in [-0.15, -0.1) is 0 Å². The van der Waals surface area contributed by atoms with E-state index in [0.717, 1.165) is 41.8 Å². The molecule has 0 saturated heterocycles. The Kier molecular flexibility index (Phi) is 16.1. The lowest BCUT2D eigenvalue weighted by molar-refractivity contribution is 0.184. The molecular weight excluding hydrogens is 507 g/mol. The second kappa shape index (κ2) is 20.2. The average Bonchev–Trinajstić information content (AvgIpc) is 3.01. The molecule has 41 heavy (non-hydrogen) atoms. The van der Waals surface area contributed by atoms with Gasteiger partial charge in [0, 0.05) is 23.5 Å². The van der Waals surface area contributed by atoms with Gasteiger partial charge in [0.25, 0.3) is 0 Å². The Hall–Kier alpha value is -2.75. The number of hydrogen-bond acceptors (Lipinski definition) is 3. The fourth-order valence-electron chi connectivity index (χ4n) is 5.25. The van der Waals surface area contributed by atoms with Crippen molar-refractivity contribution < 1.29 is 9.13 Å². The summed E-state index contributed by atoms with van der Waals surface area (Å²) in [5.74, 6) is 1.43. The summed E-state index contributed by atoms with van der Waals surface area (Å²) in [5, 5.41) is 0. The van der Waals surface area contributed by atoms with Crippen LogP contribution in [0.4, 0.5) is 4.39 Å². The molecule has 3 nitrogen and oxygen atoms in total. The lowest BCUT2D eigenvalue weighted by Gasteiger charge is -2.11. The van der Waals surface area contributed by atoms with Crippen LogP contribution in [0, 0.1) is 0 Å². The minimum absolute atomic E-state index is 0.116. The highest BCUT2D eigenvalue weighted by atomic mass is 19.1. The molecule has 1 aromatic heterocycles. The summed E-state index contributed by atoms with van der Waals surface area (Å²) in [7, 11) is 0. The quantitative estimate of drug-likeness (QED) is 0.115. The van der Waals surface area contributed by atoms with Crippen LogP contribution in [-0.2, 0) is 6.42 Å². The third-order valence-electron chi connectivity index (χ3n) is 7.92. The first-order valence-corrected chi connectivity index (χ1v) is 16.5. The van der Waals surface area contributed by atoms with Gasteiger partial charge in [-0.05, 0) is 42.5 Å². The Balaban J connectivity index is 1.36. The lowest BCUT2D eigenvalue weighted by Crippen LogP contribution is -2.12. The Morgan fingerprint density at radius 3 is 1.68 bits per heavy atom. The van der Waals surface area contributed by atoms with Gasteiger partial charge < -0.3 is 4.74 Å². The number of ether oxygens (including phenoxy) is 1. The zero-order valence-corrected chi connectivity index (χ0v) is 25.8. The Morgan fingerprint density at radius 2 is 1.10 bits per heavy atom. The van der Waals surface area contributed by atoms with E-state index in [4.69, 9.17) is 4.74 Å². The molecule has 3 rings (SSSR count). The molecule has 0 fully saturated rings. The lowest BCUT2D eigenvalue weighted by atomic mass is 10.0. The summed E-state index contributed by atoms with van der Waals surface area (Å²) >= 11 is 0. The van der Waals surface area contributed by atoms with Crippen LogP contribution in [0.5, 0.6) is 5.75 Å². The molecular formula is C37H53FN2O. The van der Waals surface area contributed by atoms with E-state index < -0.39 is 6.17 Å². The maximum absolute atomic E-state index is 14.2. The number of aryl methyl sites for hydroxylation is 1. The van der Waals surface area contributed by atoms with E-state index in [9.17, 15) is 4.39 Å². The van der Waals surface area contributed by atoms with Crippen LogP contribution in [0.1, 0.15) is 122 Å². The number of aromatic nitrogens is 2. The normalized spacial score (nSPS) is 12.0. The minimum atomic E-state index is -0.912. The van der Waals surface area contributed by atoms with E-state index in [2.05, 4.69) is 48.1 Å². The van der Waals surface area contributed by atoms with Gasteiger partial charge in [0.05, 0.1) is 0 Å². The molecule has 3 aromatic rings. The largest absolute Gasteiger partial charge is 0.491 e. The smallest absolute Gasteiger partial charge is 0.159 e. The van der Waals surface area contributed by atoms with Gasteiger partial charge in [-0.3, -0.25) is 0 Å². The highest BCUT2D eigenvalue weighted by Gasteiger charge is 2.09. The highest BCUT2D eigenvalue weighted by molar-refractivity contribution is 5.64. The zero-order valence-electron chi connectivity index (χ0n) is 25.8. The SMILES string of the molecule is CCCCCCCCCCc1ccc(-c2ncc(-c3ccc(OCC(F)CCCCCCCCC)cc3)cn2)cc1. The van der Waals surface area contributed by atoms with E-state index in [0.29, 0.717) is 12.2 Å². The molecule has 0 aliphatic carbocycles. The first kappa shape index (κ1) is 32.8. The Bertz CT molecular complexity index is 1050. The fourth-order valence-corrected chi connectivity index (χ4v) is 5.25. The second-order valence-corrected chi connectivity index (χ2v) is 11.6. The summed E-state index contributed by atoms with van der Waals surface area (Å²) in [6.45, 7) is 4.61. The summed E-state index contributed by atoms with van der Waals surface area (Å²) in [6, 6.07) is 16.4. The number of unbranched alkanes of at least 4 members (excludes halogenated alkanes) is 13. The molecule has 0 radical (unpaired) electrons. The Labute approximate surface area is 249 Å². The maximum Gasteiger partial charge on any atom is 0.159 e. The van der Waals surface area contributed by atoms with Gasteiger partial charge in [-0.25, -0.2) is 14.4 Å². The number of nitrogens with zero attached hydrogens (tertiary/aromatic N) is 2. The van der Waals surface area contributed by atoms with Crippen molar-refractivity contribution in [2.75, 3.05) is 6.61 Å². The van der Waals surface area contributed by atoms with Crippen LogP contribution in [-0.4, -0.2) is 22.7 Å². The van der Waals surface area contributed by atoms with Crippen molar-refractivity contribution in [2.24, 2.45) is 0 Å². The second-order valence-electron chi connectivity index (χ2n) is 11.6. The zero-order chi connectivity index (χ0) is 29.0. The number of halogens is 1. The van der Waals surface area contributed by atoms with Crippen LogP contribution in [0.25, 0.3) is 22.5 Å². The monoisotopic (exact) mass is 560 g/mol. The van der Waals surface area contributed by atoms with Crippen molar-refractivity contribution in [3.8, 4) is 28.3 Å². The van der Waals surface area contributed by atoms with Crippen molar-refractivity contribution in [1.82, 2.24) is 9.97 Å². The molecule has 4 heteroatoms. The van der Waals surface area contributed by atoms with Crippen molar-refractivity contribution in [2.45, 2.75) is 129 Å². The van der Waals surface area contributed by atoms with Gasteiger partial charge in [-0.1, -0.05) is 140 Å². The number of hydrogen-bond donors (Lipinski definition) is 0. The minimum Gasteiger partial charge on any atom is -0.491 e. The first-order valence-electron chi connectivity index (χ1n) is 16.5. The molecule has 2 aromatic carbocycles. The van der Waals surface area contributed by atoms with E-state index in [1.54, 1.807) is 0 Å². The van der Waals surface area contributed by atoms with Gasteiger partial charge in [0.2, 0.25) is 0 Å². The summed E-state index contributed by atoms with van der Waals surface area (Å²) < 4.78 is 20.0. The molecule has 0 N–H and O–H groups in total. The molecule has 0 aliphatic heterocycles. The van der Waals surface area contributed by atoms with Gasteiger partial charge in [0.15, 0.2) is 5.82 Å². The van der Waals surface area contributed by atoms with Crippen molar-refractivity contribution in [1.29, 1.82) is 0 Å². The highest BCUT2D eigenvalue weighted by Crippen LogP contribution is 2.24. The predicted molar refractivity (Wildman–Crippen MR) is 172 cm³/mol. The van der Waals surface area contributed by atoms with Gasteiger partial charge in [-0.2, -0.15) is 0 Å². The molecule has 0 spiro atoms. The Morgan fingerprint density at radius 1 is 0.585 bits per heavy atom. The summed E-state index contributed by atoms with van der Waals surface area (Å²) in [4.78, 5) is 9.24. The number of alkyl halides is 1. The molecule has 0 aliphatic rings. The number of benzene rings is 2. The van der Waals surface area contributed by atoms with Crippen molar-refractivity contribution >= 4 is 0 Å². The molecule has 224 valence electrons. The molecule has 0 amide bonds. The molecule has 0 saturated carbocycles. The van der Waals surface area contributed by atoms with Crippen LogP contribution in [0.15, 0.2) is 60.9 Å². The van der Waals surface area contributed by atoms with Crippen LogP contribution in [0.2, 0.25) is 0 Å². The maximum atomic E-state index is 14.2. The molecule has 1 heterocycles. The standard InChI is InChI=1S/C37H53FN2O/c1-3-5-7-9-11-13-14-16-18-31-20-22-33(23-21-31)37-39-28-34(29-40-37)32-24-26-36(27-25-32)41-30-35(38)19-17-15-12-10-8-6-4-2/h20-29,35H,3-19,30H2,1-2H3. The van der Waals surface area contributed by atoms with E-state index in [1.807, 2.05) is 36.7 Å². The van der Waals surface area contributed by atoms with Crippen molar-refractivity contribution in [3.63, 3.8) is 0 Å². The number of rotatable bonds is 22. The predicted octanol–water partition coefficient (Wildman–Crippen LogP) is 11.4. The third-order valence-corrected chi connectivity index (χ3v) is 7.92. The average molecular weight is 561 g/mol. The molecule has 1 unspecified atom stereocenters. The van der Waals surface area contributed by atoms with Crippen LogP contribution >= 0.6 is 0 Å². The van der Waals surface area contributed by atoms with Gasteiger partial charge >= 0.3 is 0 Å². The van der Waals surface area contributed by atoms with Gasteiger partial charge in [0.1, 0.15) is 18.5 Å². The van der Waals surface area contributed by atoms with E-state index in [-0.39, 0.29) is 6.61 Å². The van der Waals surface area contributed by atoms with E-state index in [1.165, 1.54) is 89.0 Å². The fraction of sp³-hybridized carbons (Fsp3) is 0.568. The first-order chi connectivity index (χ1) is 20.2. The van der Waals surface area contributed by atoms with Crippen LogP contribution in [0.3, 0.4) is 0 Å².